The van der Waals surface area contributed by atoms with Gasteiger partial charge in [-0.25, -0.2) is 4.39 Å². The van der Waals surface area contributed by atoms with Gasteiger partial charge in [0.2, 0.25) is 0 Å². The van der Waals surface area contributed by atoms with Crippen molar-refractivity contribution >= 4 is 0 Å². The average Bonchev–Trinajstić information content (AvgIpc) is 2.08. The van der Waals surface area contributed by atoms with Crippen LogP contribution in [-0.4, -0.2) is 24.1 Å². The summed E-state index contributed by atoms with van der Waals surface area (Å²) in [5.74, 6) is -0.241. The highest BCUT2D eigenvalue weighted by Gasteiger charge is 2.10. The summed E-state index contributed by atoms with van der Waals surface area (Å²) in [6.07, 6.45) is -0.667. The molecular formula is C10H14FNO. The molecule has 0 saturated carbocycles. The fourth-order valence-electron chi connectivity index (χ4n) is 1.13. The first-order valence-corrected chi connectivity index (χ1v) is 4.13. The molecule has 0 saturated heterocycles. The molecule has 2 nitrogen and oxygen atoms in total. The number of hydrogen-bond acceptors (Lipinski definition) is 2. The van der Waals surface area contributed by atoms with E-state index in [0.717, 1.165) is 0 Å². The van der Waals surface area contributed by atoms with Crippen molar-refractivity contribution in [2.24, 2.45) is 0 Å². The number of aliphatic hydroxyl groups excluding tert-OH is 1. The lowest BCUT2D eigenvalue weighted by molar-refractivity contribution is 0.0394. The molecule has 1 rings (SSSR count). The molecule has 0 radical (unpaired) electrons. The maximum absolute atomic E-state index is 12.9. The highest BCUT2D eigenvalue weighted by Crippen LogP contribution is 2.17. The maximum Gasteiger partial charge on any atom is 0.133 e. The van der Waals surface area contributed by atoms with Gasteiger partial charge in [0.1, 0.15) is 12.0 Å². The molecule has 3 heteroatoms. The Bertz CT molecular complexity index is 299. The molecule has 1 atom stereocenters. The van der Waals surface area contributed by atoms with Crippen molar-refractivity contribution in [1.82, 2.24) is 4.90 Å². The fraction of sp³-hybridized carbons (Fsp3) is 0.400. The van der Waals surface area contributed by atoms with E-state index >= 15 is 0 Å². The first-order chi connectivity index (χ1) is 6.02. The Labute approximate surface area is 77.6 Å². The molecule has 0 heterocycles. The van der Waals surface area contributed by atoms with E-state index in [1.54, 1.807) is 38.1 Å². The minimum atomic E-state index is -0.667. The van der Waals surface area contributed by atoms with E-state index in [4.69, 9.17) is 0 Å². The first-order valence-electron chi connectivity index (χ1n) is 4.13. The van der Waals surface area contributed by atoms with Gasteiger partial charge < -0.3 is 5.11 Å². The minimum Gasteiger partial charge on any atom is -0.374 e. The zero-order chi connectivity index (χ0) is 10.0. The van der Waals surface area contributed by atoms with Crippen LogP contribution >= 0.6 is 0 Å². The fourth-order valence-corrected chi connectivity index (χ4v) is 1.13. The van der Waals surface area contributed by atoms with Crippen LogP contribution in [0.1, 0.15) is 17.4 Å². The van der Waals surface area contributed by atoms with Gasteiger partial charge in [0.25, 0.3) is 0 Å². The predicted octanol–water partition coefficient (Wildman–Crippen LogP) is 1.69. The second-order valence-corrected chi connectivity index (χ2v) is 3.35. The highest BCUT2D eigenvalue weighted by atomic mass is 19.1. The molecular weight excluding hydrogens is 169 g/mol. The first kappa shape index (κ1) is 10.2. The Hall–Kier alpha value is -0.930. The predicted molar refractivity (Wildman–Crippen MR) is 49.8 cm³/mol. The number of aliphatic hydroxyl groups is 1. The summed E-state index contributed by atoms with van der Waals surface area (Å²) in [7, 11) is 3.53. The second kappa shape index (κ2) is 3.85. The second-order valence-electron chi connectivity index (χ2n) is 3.35. The van der Waals surface area contributed by atoms with Gasteiger partial charge in [0, 0.05) is 0 Å². The standard InChI is InChI=1S/C10H14FNO/c1-7-6-8(4-5-9(7)11)10(13)12(2)3/h4-6,10,13H,1-3H3. The summed E-state index contributed by atoms with van der Waals surface area (Å²) in [4.78, 5) is 1.66. The number of hydrogen-bond donors (Lipinski definition) is 1. The molecule has 0 fully saturated rings. The molecule has 0 aromatic heterocycles. The zero-order valence-electron chi connectivity index (χ0n) is 8.08. The zero-order valence-corrected chi connectivity index (χ0v) is 8.08. The van der Waals surface area contributed by atoms with Crippen LogP contribution in [0.15, 0.2) is 18.2 Å². The summed E-state index contributed by atoms with van der Waals surface area (Å²) in [6, 6.07) is 4.62. The number of halogens is 1. The SMILES string of the molecule is Cc1cc(C(O)N(C)C)ccc1F. The quantitative estimate of drug-likeness (QED) is 0.705. The van der Waals surface area contributed by atoms with Crippen molar-refractivity contribution < 1.29 is 9.50 Å². The van der Waals surface area contributed by atoms with Gasteiger partial charge >= 0.3 is 0 Å². The van der Waals surface area contributed by atoms with Crippen molar-refractivity contribution in [2.75, 3.05) is 14.1 Å². The molecule has 13 heavy (non-hydrogen) atoms. The number of aryl methyl sites for hydroxylation is 1. The van der Waals surface area contributed by atoms with Crippen LogP contribution in [0.25, 0.3) is 0 Å². The van der Waals surface area contributed by atoms with Crippen molar-refractivity contribution in [2.45, 2.75) is 13.2 Å². The molecule has 1 N–H and O–H groups in total. The van der Waals surface area contributed by atoms with Crippen molar-refractivity contribution in [3.05, 3.63) is 35.1 Å². The Morgan fingerprint density at radius 2 is 2.00 bits per heavy atom. The lowest BCUT2D eigenvalue weighted by atomic mass is 10.1. The maximum atomic E-state index is 12.9. The largest absolute Gasteiger partial charge is 0.374 e. The van der Waals surface area contributed by atoms with Crippen LogP contribution in [0, 0.1) is 12.7 Å². The third-order valence-electron chi connectivity index (χ3n) is 1.97. The molecule has 1 aromatic rings. The van der Waals surface area contributed by atoms with Crippen LogP contribution in [0.2, 0.25) is 0 Å². The lowest BCUT2D eigenvalue weighted by Gasteiger charge is -2.18. The molecule has 1 aromatic carbocycles. The summed E-state index contributed by atoms with van der Waals surface area (Å²) >= 11 is 0. The van der Waals surface area contributed by atoms with E-state index in [0.29, 0.717) is 11.1 Å². The topological polar surface area (TPSA) is 23.5 Å². The van der Waals surface area contributed by atoms with Crippen LogP contribution in [-0.2, 0) is 0 Å². The van der Waals surface area contributed by atoms with Gasteiger partial charge in [-0.05, 0) is 44.3 Å². The Morgan fingerprint density at radius 1 is 1.38 bits per heavy atom. The molecule has 0 spiro atoms. The summed E-state index contributed by atoms with van der Waals surface area (Å²) < 4.78 is 12.9. The summed E-state index contributed by atoms with van der Waals surface area (Å²) in [6.45, 7) is 1.68. The van der Waals surface area contributed by atoms with E-state index in [-0.39, 0.29) is 5.82 Å². The van der Waals surface area contributed by atoms with Crippen LogP contribution in [0.3, 0.4) is 0 Å². The Morgan fingerprint density at radius 3 is 2.46 bits per heavy atom. The summed E-state index contributed by atoms with van der Waals surface area (Å²) in [5, 5.41) is 9.62. The van der Waals surface area contributed by atoms with Crippen LogP contribution in [0.5, 0.6) is 0 Å². The van der Waals surface area contributed by atoms with Crippen LogP contribution < -0.4 is 0 Å². The molecule has 0 aliphatic heterocycles. The number of rotatable bonds is 2. The van der Waals surface area contributed by atoms with Gasteiger partial charge in [0.05, 0.1) is 0 Å². The molecule has 0 amide bonds. The van der Waals surface area contributed by atoms with Gasteiger partial charge in [0.15, 0.2) is 0 Å². The van der Waals surface area contributed by atoms with Crippen LogP contribution in [0.4, 0.5) is 4.39 Å². The Kier molecular flexibility index (Phi) is 3.01. The van der Waals surface area contributed by atoms with E-state index in [1.165, 1.54) is 6.07 Å². The van der Waals surface area contributed by atoms with Gasteiger partial charge in [-0.3, -0.25) is 4.90 Å². The smallest absolute Gasteiger partial charge is 0.133 e. The number of benzene rings is 1. The Balaban J connectivity index is 2.97. The minimum absolute atomic E-state index is 0.241. The van der Waals surface area contributed by atoms with Crippen molar-refractivity contribution in [3.63, 3.8) is 0 Å². The molecule has 1 unspecified atom stereocenters. The summed E-state index contributed by atoms with van der Waals surface area (Å²) in [5.41, 5.74) is 1.27. The average molecular weight is 183 g/mol. The van der Waals surface area contributed by atoms with E-state index in [1.807, 2.05) is 0 Å². The molecule has 0 bridgehead atoms. The molecule has 72 valence electrons. The van der Waals surface area contributed by atoms with E-state index in [9.17, 15) is 9.50 Å². The third kappa shape index (κ3) is 2.26. The van der Waals surface area contributed by atoms with Crippen molar-refractivity contribution in [1.29, 1.82) is 0 Å². The molecule has 0 aliphatic rings. The van der Waals surface area contributed by atoms with E-state index < -0.39 is 6.23 Å². The highest BCUT2D eigenvalue weighted by molar-refractivity contribution is 5.25. The monoisotopic (exact) mass is 183 g/mol. The molecule has 0 aliphatic carbocycles. The van der Waals surface area contributed by atoms with Gasteiger partial charge in [-0.2, -0.15) is 0 Å². The normalized spacial score (nSPS) is 13.4. The van der Waals surface area contributed by atoms with E-state index in [2.05, 4.69) is 0 Å². The van der Waals surface area contributed by atoms with Crippen molar-refractivity contribution in [3.8, 4) is 0 Å². The van der Waals surface area contributed by atoms with Gasteiger partial charge in [-0.1, -0.05) is 6.07 Å². The van der Waals surface area contributed by atoms with Gasteiger partial charge in [-0.15, -0.1) is 0 Å². The lowest BCUT2D eigenvalue weighted by Crippen LogP contribution is -2.19. The number of nitrogens with zero attached hydrogens (tertiary/aromatic N) is 1. The third-order valence-corrected chi connectivity index (χ3v) is 1.97.